The first kappa shape index (κ1) is 15.6. The number of hydrogen-bond acceptors (Lipinski definition) is 2. The van der Waals surface area contributed by atoms with Crippen molar-refractivity contribution in [3.05, 3.63) is 28.5 Å². The maximum absolute atomic E-state index is 13.0. The van der Waals surface area contributed by atoms with E-state index in [0.717, 1.165) is 18.9 Å². The van der Waals surface area contributed by atoms with Crippen molar-refractivity contribution in [2.45, 2.75) is 31.6 Å². The number of halogens is 2. The second-order valence-corrected chi connectivity index (χ2v) is 6.69. The van der Waals surface area contributed by atoms with Gasteiger partial charge in [0.2, 0.25) is 10.0 Å². The van der Waals surface area contributed by atoms with Crippen molar-refractivity contribution in [3.8, 4) is 0 Å². The van der Waals surface area contributed by atoms with Crippen LogP contribution in [0.2, 0.25) is 0 Å². The minimum Gasteiger partial charge on any atom is -0.207 e. The summed E-state index contributed by atoms with van der Waals surface area (Å²) in [5, 5.41) is 0. The molecular weight excluding hydrogens is 321 g/mol. The number of rotatable bonds is 6. The van der Waals surface area contributed by atoms with Gasteiger partial charge in [0, 0.05) is 17.6 Å². The Bertz CT molecular complexity index is 505. The fourth-order valence-corrected chi connectivity index (χ4v) is 4.10. The lowest BCUT2D eigenvalue weighted by Gasteiger charge is -2.20. The second-order valence-electron chi connectivity index (χ2n) is 3.93. The Morgan fingerprint density at radius 1 is 1.33 bits per heavy atom. The fraction of sp³-hybridized carbons (Fsp3) is 0.500. The highest BCUT2D eigenvalue weighted by molar-refractivity contribution is 9.10. The molecule has 0 N–H and O–H groups in total. The molecule has 1 rings (SSSR count). The van der Waals surface area contributed by atoms with Crippen LogP contribution in [-0.2, 0) is 10.0 Å². The standard InChI is InChI=1S/C12H17BrFNO2S/c1-3-5-8-15(4-2)18(16,17)12-7-6-10(14)9-11(12)13/h6-7,9H,3-5,8H2,1-2H3. The molecule has 0 saturated heterocycles. The van der Waals surface area contributed by atoms with Crippen molar-refractivity contribution in [1.29, 1.82) is 0 Å². The van der Waals surface area contributed by atoms with Crippen LogP contribution < -0.4 is 0 Å². The third-order valence-corrected chi connectivity index (χ3v) is 5.58. The first-order chi connectivity index (χ1) is 8.43. The van der Waals surface area contributed by atoms with E-state index in [2.05, 4.69) is 15.9 Å². The number of hydrogen-bond donors (Lipinski definition) is 0. The maximum atomic E-state index is 13.0. The van der Waals surface area contributed by atoms with Crippen LogP contribution in [0.5, 0.6) is 0 Å². The van der Waals surface area contributed by atoms with Gasteiger partial charge in [0.25, 0.3) is 0 Å². The van der Waals surface area contributed by atoms with Crippen LogP contribution in [0.4, 0.5) is 4.39 Å². The lowest BCUT2D eigenvalue weighted by molar-refractivity contribution is 0.418. The lowest BCUT2D eigenvalue weighted by atomic mass is 10.3. The largest absolute Gasteiger partial charge is 0.244 e. The average Bonchev–Trinajstić information content (AvgIpc) is 2.29. The van der Waals surface area contributed by atoms with Gasteiger partial charge in [-0.3, -0.25) is 0 Å². The van der Waals surface area contributed by atoms with Gasteiger partial charge in [0.15, 0.2) is 0 Å². The first-order valence-corrected chi connectivity index (χ1v) is 8.12. The summed E-state index contributed by atoms with van der Waals surface area (Å²) in [4.78, 5) is 0.113. The van der Waals surface area contributed by atoms with E-state index in [4.69, 9.17) is 0 Å². The molecule has 0 atom stereocenters. The van der Waals surface area contributed by atoms with Gasteiger partial charge >= 0.3 is 0 Å². The average molecular weight is 338 g/mol. The minimum absolute atomic E-state index is 0.113. The zero-order valence-electron chi connectivity index (χ0n) is 10.5. The van der Waals surface area contributed by atoms with Gasteiger partial charge in [-0.1, -0.05) is 20.3 Å². The Kier molecular flexibility index (Phi) is 5.75. The summed E-state index contributed by atoms with van der Waals surface area (Å²) in [6, 6.07) is 3.62. The van der Waals surface area contributed by atoms with E-state index in [1.165, 1.54) is 16.4 Å². The van der Waals surface area contributed by atoms with Gasteiger partial charge in [0.05, 0.1) is 4.90 Å². The molecule has 1 aromatic rings. The quantitative estimate of drug-likeness (QED) is 0.797. The predicted molar refractivity (Wildman–Crippen MR) is 73.4 cm³/mol. The molecule has 0 saturated carbocycles. The van der Waals surface area contributed by atoms with Crippen molar-refractivity contribution in [2.24, 2.45) is 0 Å². The molecule has 0 unspecified atom stereocenters. The summed E-state index contributed by atoms with van der Waals surface area (Å²) in [6.07, 6.45) is 1.74. The first-order valence-electron chi connectivity index (χ1n) is 5.88. The van der Waals surface area contributed by atoms with Crippen LogP contribution in [0, 0.1) is 5.82 Å². The van der Waals surface area contributed by atoms with Gasteiger partial charge in [-0.2, -0.15) is 4.31 Å². The third-order valence-electron chi connectivity index (χ3n) is 2.63. The van der Waals surface area contributed by atoms with Crippen LogP contribution in [0.25, 0.3) is 0 Å². The third kappa shape index (κ3) is 3.52. The normalized spacial score (nSPS) is 12.1. The number of nitrogens with zero attached hydrogens (tertiary/aromatic N) is 1. The highest BCUT2D eigenvalue weighted by Gasteiger charge is 2.24. The predicted octanol–water partition coefficient (Wildman–Crippen LogP) is 3.40. The summed E-state index contributed by atoms with van der Waals surface area (Å²) >= 11 is 3.10. The summed E-state index contributed by atoms with van der Waals surface area (Å²) in [5.41, 5.74) is 0. The molecule has 0 heterocycles. The summed E-state index contributed by atoms with van der Waals surface area (Å²) in [5.74, 6) is -0.461. The van der Waals surface area contributed by atoms with Crippen LogP contribution in [0.1, 0.15) is 26.7 Å². The summed E-state index contributed by atoms with van der Waals surface area (Å²) in [6.45, 7) is 4.70. The Balaban J connectivity index is 3.10. The Morgan fingerprint density at radius 3 is 2.50 bits per heavy atom. The molecule has 1 aromatic carbocycles. The Hall–Kier alpha value is -0.460. The highest BCUT2D eigenvalue weighted by atomic mass is 79.9. The molecule has 0 fully saturated rings. The molecule has 0 spiro atoms. The van der Waals surface area contributed by atoms with Crippen molar-refractivity contribution >= 4 is 26.0 Å². The van der Waals surface area contributed by atoms with Crippen molar-refractivity contribution in [1.82, 2.24) is 4.31 Å². The van der Waals surface area contributed by atoms with E-state index in [1.807, 2.05) is 6.92 Å². The molecule has 0 aliphatic rings. The van der Waals surface area contributed by atoms with E-state index in [-0.39, 0.29) is 9.37 Å². The van der Waals surface area contributed by atoms with Gasteiger partial charge in [-0.05, 0) is 40.5 Å². The number of sulfonamides is 1. The topological polar surface area (TPSA) is 37.4 Å². The van der Waals surface area contributed by atoms with Gasteiger partial charge in [-0.15, -0.1) is 0 Å². The monoisotopic (exact) mass is 337 g/mol. The number of unbranched alkanes of at least 4 members (excludes halogenated alkanes) is 1. The fourth-order valence-electron chi connectivity index (χ4n) is 1.61. The van der Waals surface area contributed by atoms with Gasteiger partial charge in [-0.25, -0.2) is 12.8 Å². The van der Waals surface area contributed by atoms with Crippen molar-refractivity contribution in [2.75, 3.05) is 13.1 Å². The van der Waals surface area contributed by atoms with E-state index >= 15 is 0 Å². The Morgan fingerprint density at radius 2 is 2.00 bits per heavy atom. The molecule has 0 bridgehead atoms. The maximum Gasteiger partial charge on any atom is 0.244 e. The molecular formula is C12H17BrFNO2S. The molecule has 6 heteroatoms. The Labute approximate surface area is 116 Å². The number of benzene rings is 1. The highest BCUT2D eigenvalue weighted by Crippen LogP contribution is 2.26. The smallest absolute Gasteiger partial charge is 0.207 e. The molecule has 0 aromatic heterocycles. The lowest BCUT2D eigenvalue weighted by Crippen LogP contribution is -2.32. The van der Waals surface area contributed by atoms with E-state index < -0.39 is 15.8 Å². The van der Waals surface area contributed by atoms with Crippen LogP contribution in [-0.4, -0.2) is 25.8 Å². The second kappa shape index (κ2) is 6.63. The molecule has 102 valence electrons. The summed E-state index contributed by atoms with van der Waals surface area (Å²) in [7, 11) is -3.55. The molecule has 0 amide bonds. The summed E-state index contributed by atoms with van der Waals surface area (Å²) < 4.78 is 39.4. The SMILES string of the molecule is CCCCN(CC)S(=O)(=O)c1ccc(F)cc1Br. The molecule has 0 aliphatic heterocycles. The molecule has 0 radical (unpaired) electrons. The zero-order valence-corrected chi connectivity index (χ0v) is 12.9. The van der Waals surface area contributed by atoms with Crippen LogP contribution in [0.3, 0.4) is 0 Å². The van der Waals surface area contributed by atoms with Crippen molar-refractivity contribution in [3.63, 3.8) is 0 Å². The van der Waals surface area contributed by atoms with Crippen LogP contribution >= 0.6 is 15.9 Å². The van der Waals surface area contributed by atoms with Gasteiger partial charge < -0.3 is 0 Å². The molecule has 3 nitrogen and oxygen atoms in total. The van der Waals surface area contributed by atoms with Crippen molar-refractivity contribution < 1.29 is 12.8 Å². The van der Waals surface area contributed by atoms with Crippen LogP contribution in [0.15, 0.2) is 27.6 Å². The zero-order chi connectivity index (χ0) is 13.8. The van der Waals surface area contributed by atoms with Gasteiger partial charge in [0.1, 0.15) is 5.82 Å². The molecule has 0 aliphatic carbocycles. The molecule has 18 heavy (non-hydrogen) atoms. The van der Waals surface area contributed by atoms with E-state index in [9.17, 15) is 12.8 Å². The minimum atomic E-state index is -3.55. The van der Waals surface area contributed by atoms with E-state index in [1.54, 1.807) is 6.92 Å². The van der Waals surface area contributed by atoms with E-state index in [0.29, 0.717) is 13.1 Å².